The van der Waals surface area contributed by atoms with Gasteiger partial charge in [0.25, 0.3) is 0 Å². The molecular weight excluding hydrogens is 304 g/mol. The van der Waals surface area contributed by atoms with Gasteiger partial charge in [-0.1, -0.05) is 64.2 Å². The molecule has 0 aromatic carbocycles. The average molecular weight is 347 g/mol. The Labute approximate surface area is 156 Å². The summed E-state index contributed by atoms with van der Waals surface area (Å²) >= 11 is 0. The molecule has 4 aliphatic carbocycles. The van der Waals surface area contributed by atoms with Crippen LogP contribution in [0.15, 0.2) is 0 Å². The third-order valence-electron chi connectivity index (χ3n) is 8.32. The third-order valence-corrected chi connectivity index (χ3v) is 8.32. The minimum atomic E-state index is 0.844. The highest BCUT2D eigenvalue weighted by Crippen LogP contribution is 2.41. The normalized spacial score (nSPS) is 41.8. The summed E-state index contributed by atoms with van der Waals surface area (Å²) < 4.78 is 0. The second-order valence-corrected chi connectivity index (χ2v) is 9.75. The van der Waals surface area contributed by atoms with Crippen LogP contribution in [-0.2, 0) is 0 Å². The lowest BCUT2D eigenvalue weighted by atomic mass is 9.68. The van der Waals surface area contributed by atoms with Gasteiger partial charge in [0.2, 0.25) is 0 Å². The molecule has 4 rings (SSSR count). The summed E-state index contributed by atoms with van der Waals surface area (Å²) in [6, 6.07) is 1.69. The van der Waals surface area contributed by atoms with Crippen molar-refractivity contribution in [2.24, 2.45) is 23.7 Å². The largest absolute Gasteiger partial charge is 0.314 e. The standard InChI is InChI=1S/C23H42N2/c1-3-12-20-18(8-1)10-5-14-22(20)24-16-7-17-25-23-15-6-11-19-9-2-4-13-21(19)23/h18-25H,1-17H2. The first-order valence-electron chi connectivity index (χ1n) is 11.9. The van der Waals surface area contributed by atoms with Crippen LogP contribution in [0.25, 0.3) is 0 Å². The van der Waals surface area contributed by atoms with Crippen molar-refractivity contribution >= 4 is 0 Å². The van der Waals surface area contributed by atoms with Gasteiger partial charge >= 0.3 is 0 Å². The summed E-state index contributed by atoms with van der Waals surface area (Å²) in [4.78, 5) is 0. The molecule has 0 spiro atoms. The first-order chi connectivity index (χ1) is 12.4. The fourth-order valence-electron chi connectivity index (χ4n) is 7.05. The molecule has 6 atom stereocenters. The minimum absolute atomic E-state index is 0.844. The van der Waals surface area contributed by atoms with Crippen LogP contribution >= 0.6 is 0 Å². The Morgan fingerprint density at radius 1 is 0.480 bits per heavy atom. The first-order valence-corrected chi connectivity index (χ1v) is 11.9. The monoisotopic (exact) mass is 346 g/mol. The number of rotatable bonds is 6. The Hall–Kier alpha value is -0.0800. The molecular formula is C23H42N2. The van der Waals surface area contributed by atoms with Crippen LogP contribution in [0.2, 0.25) is 0 Å². The van der Waals surface area contributed by atoms with Gasteiger partial charge in [0.15, 0.2) is 0 Å². The molecule has 0 saturated heterocycles. The fourth-order valence-corrected chi connectivity index (χ4v) is 7.05. The van der Waals surface area contributed by atoms with Gasteiger partial charge in [0, 0.05) is 12.1 Å². The SMILES string of the molecule is C(CNC1CCCC2CCCCC21)CNC1CCCC2CCCCC21. The van der Waals surface area contributed by atoms with E-state index < -0.39 is 0 Å². The number of fused-ring (bicyclic) bond motifs is 2. The molecule has 0 amide bonds. The van der Waals surface area contributed by atoms with Crippen molar-refractivity contribution in [3.8, 4) is 0 Å². The summed E-state index contributed by atoms with van der Waals surface area (Å²) in [6.07, 6.45) is 22.2. The zero-order valence-electron chi connectivity index (χ0n) is 16.5. The lowest BCUT2D eigenvalue weighted by Crippen LogP contribution is -2.46. The fraction of sp³-hybridized carbons (Fsp3) is 1.00. The van der Waals surface area contributed by atoms with Gasteiger partial charge in [-0.25, -0.2) is 0 Å². The van der Waals surface area contributed by atoms with Crippen LogP contribution in [-0.4, -0.2) is 25.2 Å². The van der Waals surface area contributed by atoms with E-state index >= 15 is 0 Å². The smallest absolute Gasteiger partial charge is 0.00979 e. The summed E-state index contributed by atoms with van der Waals surface area (Å²) in [7, 11) is 0. The number of hydrogen-bond acceptors (Lipinski definition) is 2. The number of hydrogen-bond donors (Lipinski definition) is 2. The van der Waals surface area contributed by atoms with Crippen LogP contribution in [0, 0.1) is 23.7 Å². The molecule has 0 aliphatic heterocycles. The molecule has 2 heteroatoms. The van der Waals surface area contributed by atoms with Crippen LogP contribution in [0.5, 0.6) is 0 Å². The van der Waals surface area contributed by atoms with Crippen LogP contribution < -0.4 is 10.6 Å². The van der Waals surface area contributed by atoms with Gasteiger partial charge in [-0.05, 0) is 68.9 Å². The molecule has 4 fully saturated rings. The second kappa shape index (κ2) is 9.22. The molecule has 0 bridgehead atoms. The van der Waals surface area contributed by atoms with Crippen LogP contribution in [0.3, 0.4) is 0 Å². The van der Waals surface area contributed by atoms with E-state index in [9.17, 15) is 0 Å². The quantitative estimate of drug-likeness (QED) is 0.640. The Balaban J connectivity index is 1.15. The molecule has 0 heterocycles. The summed E-state index contributed by atoms with van der Waals surface area (Å²) in [5.41, 5.74) is 0. The first kappa shape index (κ1) is 18.3. The van der Waals surface area contributed by atoms with E-state index in [1.807, 2.05) is 0 Å². The van der Waals surface area contributed by atoms with Gasteiger partial charge in [-0.15, -0.1) is 0 Å². The molecule has 144 valence electrons. The second-order valence-electron chi connectivity index (χ2n) is 9.75. The molecule has 25 heavy (non-hydrogen) atoms. The summed E-state index contributed by atoms with van der Waals surface area (Å²) in [5, 5.41) is 7.95. The average Bonchev–Trinajstić information content (AvgIpc) is 2.68. The van der Waals surface area contributed by atoms with Crippen molar-refractivity contribution in [3.63, 3.8) is 0 Å². The summed E-state index contributed by atoms with van der Waals surface area (Å²) in [5.74, 6) is 4.14. The Morgan fingerprint density at radius 2 is 0.920 bits per heavy atom. The van der Waals surface area contributed by atoms with Gasteiger partial charge in [0.05, 0.1) is 0 Å². The van der Waals surface area contributed by atoms with E-state index in [0.717, 1.165) is 35.8 Å². The topological polar surface area (TPSA) is 24.1 Å². The molecule has 4 saturated carbocycles. The maximum atomic E-state index is 3.97. The molecule has 2 nitrogen and oxygen atoms in total. The highest BCUT2D eigenvalue weighted by molar-refractivity contribution is 4.90. The predicted octanol–water partition coefficient (Wildman–Crippen LogP) is 5.27. The lowest BCUT2D eigenvalue weighted by Gasteiger charge is -2.42. The van der Waals surface area contributed by atoms with Gasteiger partial charge in [-0.2, -0.15) is 0 Å². The van der Waals surface area contributed by atoms with E-state index in [4.69, 9.17) is 0 Å². The van der Waals surface area contributed by atoms with Crippen molar-refractivity contribution in [1.82, 2.24) is 10.6 Å². The Bertz CT molecular complexity index is 356. The van der Waals surface area contributed by atoms with Gasteiger partial charge in [0.1, 0.15) is 0 Å². The van der Waals surface area contributed by atoms with Crippen molar-refractivity contribution in [2.75, 3.05) is 13.1 Å². The molecule has 0 aromatic heterocycles. The van der Waals surface area contributed by atoms with Gasteiger partial charge < -0.3 is 10.6 Å². The Kier molecular flexibility index (Phi) is 6.74. The van der Waals surface area contributed by atoms with Crippen molar-refractivity contribution in [1.29, 1.82) is 0 Å². The molecule has 6 unspecified atom stereocenters. The molecule has 4 aliphatic rings. The predicted molar refractivity (Wildman–Crippen MR) is 107 cm³/mol. The maximum Gasteiger partial charge on any atom is 0.00979 e. The minimum Gasteiger partial charge on any atom is -0.314 e. The Morgan fingerprint density at radius 3 is 1.44 bits per heavy atom. The maximum absolute atomic E-state index is 3.97. The molecule has 0 aromatic rings. The van der Waals surface area contributed by atoms with E-state index in [1.165, 1.54) is 109 Å². The van der Waals surface area contributed by atoms with Crippen molar-refractivity contribution < 1.29 is 0 Å². The molecule has 0 radical (unpaired) electrons. The van der Waals surface area contributed by atoms with E-state index in [0.29, 0.717) is 0 Å². The number of nitrogens with one attached hydrogen (secondary N) is 2. The molecule has 2 N–H and O–H groups in total. The van der Waals surface area contributed by atoms with Crippen LogP contribution in [0.4, 0.5) is 0 Å². The zero-order valence-corrected chi connectivity index (χ0v) is 16.5. The zero-order chi connectivity index (χ0) is 16.9. The lowest BCUT2D eigenvalue weighted by molar-refractivity contribution is 0.121. The van der Waals surface area contributed by atoms with E-state index in [1.54, 1.807) is 0 Å². The van der Waals surface area contributed by atoms with Gasteiger partial charge in [-0.3, -0.25) is 0 Å². The van der Waals surface area contributed by atoms with E-state index in [2.05, 4.69) is 10.6 Å². The highest BCUT2D eigenvalue weighted by atomic mass is 15.0. The van der Waals surface area contributed by atoms with Crippen LogP contribution in [0.1, 0.15) is 96.3 Å². The van der Waals surface area contributed by atoms with Crippen molar-refractivity contribution in [2.45, 2.75) is 108 Å². The van der Waals surface area contributed by atoms with Crippen molar-refractivity contribution in [3.05, 3.63) is 0 Å². The third kappa shape index (κ3) is 4.61. The van der Waals surface area contributed by atoms with E-state index in [-0.39, 0.29) is 0 Å². The highest BCUT2D eigenvalue weighted by Gasteiger charge is 2.35. The summed E-state index contributed by atoms with van der Waals surface area (Å²) in [6.45, 7) is 2.48.